The molecule has 2 unspecified atom stereocenters. The van der Waals surface area contributed by atoms with E-state index in [2.05, 4.69) is 10.5 Å². The Kier molecular flexibility index (Phi) is 3.43. The van der Waals surface area contributed by atoms with Gasteiger partial charge in [0.25, 0.3) is 0 Å². The highest BCUT2D eigenvalue weighted by molar-refractivity contribution is 7.88. The molecule has 6 nitrogen and oxygen atoms in total. The second-order valence-electron chi connectivity index (χ2n) is 6.17. The molecule has 1 N–H and O–H groups in total. The summed E-state index contributed by atoms with van der Waals surface area (Å²) < 4.78 is 32.3. The van der Waals surface area contributed by atoms with Crippen LogP contribution in [0.4, 0.5) is 0 Å². The van der Waals surface area contributed by atoms with Gasteiger partial charge in [0, 0.05) is 30.6 Å². The Labute approximate surface area is 129 Å². The number of nitrogens with zero attached hydrogens (tertiary/aromatic N) is 2. The van der Waals surface area contributed by atoms with E-state index >= 15 is 0 Å². The lowest BCUT2D eigenvalue weighted by Gasteiger charge is -2.23. The molecule has 2 bridgehead atoms. The van der Waals surface area contributed by atoms with E-state index in [0.29, 0.717) is 30.4 Å². The third kappa shape index (κ3) is 2.53. The molecule has 118 valence electrons. The van der Waals surface area contributed by atoms with Gasteiger partial charge in [-0.2, -0.15) is 4.31 Å². The second kappa shape index (κ2) is 5.33. The fourth-order valence-corrected chi connectivity index (χ4v) is 5.00. The van der Waals surface area contributed by atoms with Crippen LogP contribution < -0.4 is 5.32 Å². The Hall–Kier alpha value is -1.44. The number of hydrogen-bond acceptors (Lipinski definition) is 5. The van der Waals surface area contributed by atoms with Crippen molar-refractivity contribution < 1.29 is 12.9 Å². The van der Waals surface area contributed by atoms with Crippen LogP contribution in [-0.4, -0.2) is 43.1 Å². The Morgan fingerprint density at radius 1 is 1.23 bits per heavy atom. The van der Waals surface area contributed by atoms with E-state index in [1.54, 1.807) is 10.4 Å². The van der Waals surface area contributed by atoms with Crippen molar-refractivity contribution in [2.24, 2.45) is 0 Å². The van der Waals surface area contributed by atoms with Crippen molar-refractivity contribution >= 4 is 21.0 Å². The molecular formula is C15H19N3O3S. The Morgan fingerprint density at radius 3 is 2.95 bits per heavy atom. The van der Waals surface area contributed by atoms with Gasteiger partial charge in [-0.25, -0.2) is 8.42 Å². The number of benzene rings is 1. The van der Waals surface area contributed by atoms with E-state index in [-0.39, 0.29) is 11.8 Å². The molecule has 7 heteroatoms. The molecule has 0 radical (unpaired) electrons. The smallest absolute Gasteiger partial charge is 0.220 e. The van der Waals surface area contributed by atoms with Crippen LogP contribution in [0.2, 0.25) is 0 Å². The van der Waals surface area contributed by atoms with Gasteiger partial charge >= 0.3 is 0 Å². The number of nitrogens with one attached hydrogen (secondary N) is 1. The van der Waals surface area contributed by atoms with Gasteiger partial charge in [0.05, 0.1) is 0 Å². The fraction of sp³-hybridized carbons (Fsp3) is 0.533. The maximum absolute atomic E-state index is 12.7. The van der Waals surface area contributed by atoms with Gasteiger partial charge in [0.2, 0.25) is 10.0 Å². The second-order valence-corrected chi connectivity index (χ2v) is 8.14. The predicted octanol–water partition coefficient (Wildman–Crippen LogP) is 1.48. The van der Waals surface area contributed by atoms with E-state index in [9.17, 15) is 8.42 Å². The van der Waals surface area contributed by atoms with Gasteiger partial charge in [-0.3, -0.25) is 0 Å². The quantitative estimate of drug-likeness (QED) is 0.927. The summed E-state index contributed by atoms with van der Waals surface area (Å²) in [4.78, 5) is 0. The SMILES string of the molecule is O=S(=O)(Cc1noc2ccccc12)N1CCC2CCC(C1)N2. The van der Waals surface area contributed by atoms with Gasteiger partial charge in [-0.15, -0.1) is 0 Å². The summed E-state index contributed by atoms with van der Waals surface area (Å²) in [5.74, 6) is -0.0958. The molecule has 1 aromatic carbocycles. The first-order valence-corrected chi connectivity index (χ1v) is 9.30. The Morgan fingerprint density at radius 2 is 2.05 bits per heavy atom. The number of fused-ring (bicyclic) bond motifs is 3. The monoisotopic (exact) mass is 321 g/mol. The summed E-state index contributed by atoms with van der Waals surface area (Å²) in [6, 6.07) is 8.12. The summed E-state index contributed by atoms with van der Waals surface area (Å²) in [7, 11) is -3.37. The van der Waals surface area contributed by atoms with E-state index in [4.69, 9.17) is 4.52 Å². The van der Waals surface area contributed by atoms with E-state index in [0.717, 1.165) is 24.6 Å². The van der Waals surface area contributed by atoms with Crippen molar-refractivity contribution in [2.75, 3.05) is 13.1 Å². The lowest BCUT2D eigenvalue weighted by atomic mass is 10.1. The third-order valence-corrected chi connectivity index (χ3v) is 6.41. The number of para-hydroxylation sites is 1. The predicted molar refractivity (Wildman–Crippen MR) is 82.8 cm³/mol. The molecule has 22 heavy (non-hydrogen) atoms. The molecule has 3 heterocycles. The first-order chi connectivity index (χ1) is 10.6. The van der Waals surface area contributed by atoms with Gasteiger partial charge in [-0.05, 0) is 31.4 Å². The average Bonchev–Trinajstić information content (AvgIpc) is 3.02. The van der Waals surface area contributed by atoms with Gasteiger partial charge in [0.15, 0.2) is 5.58 Å². The third-order valence-electron chi connectivity index (χ3n) is 4.65. The van der Waals surface area contributed by atoms with Crippen molar-refractivity contribution in [1.82, 2.24) is 14.8 Å². The van der Waals surface area contributed by atoms with E-state index in [1.807, 2.05) is 18.2 Å². The molecule has 2 fully saturated rings. The standard InChI is InChI=1S/C15H19N3O3S/c19-22(20,18-8-7-11-5-6-12(9-18)16-11)10-14-13-3-1-2-4-15(13)21-17-14/h1-4,11-12,16H,5-10H2. The maximum atomic E-state index is 12.7. The molecule has 0 amide bonds. The number of aromatic nitrogens is 1. The average molecular weight is 321 g/mol. The molecule has 0 aliphatic carbocycles. The summed E-state index contributed by atoms with van der Waals surface area (Å²) in [5.41, 5.74) is 1.13. The van der Waals surface area contributed by atoms with E-state index in [1.165, 1.54) is 0 Å². The van der Waals surface area contributed by atoms with Crippen LogP contribution in [0.1, 0.15) is 25.0 Å². The molecule has 2 aliphatic rings. The summed E-state index contributed by atoms with van der Waals surface area (Å²) in [6.07, 6.45) is 3.10. The van der Waals surface area contributed by atoms with Crippen LogP contribution in [0, 0.1) is 0 Å². The molecule has 1 aromatic heterocycles. The minimum atomic E-state index is -3.37. The first kappa shape index (κ1) is 14.2. The number of rotatable bonds is 3. The molecule has 2 saturated heterocycles. The first-order valence-electron chi connectivity index (χ1n) is 7.69. The minimum Gasteiger partial charge on any atom is -0.356 e. The van der Waals surface area contributed by atoms with Crippen molar-refractivity contribution in [2.45, 2.75) is 37.1 Å². The molecule has 4 rings (SSSR count). The molecule has 0 spiro atoms. The molecule has 0 saturated carbocycles. The van der Waals surface area contributed by atoms with Crippen molar-refractivity contribution in [3.8, 4) is 0 Å². The summed E-state index contributed by atoms with van der Waals surface area (Å²) >= 11 is 0. The van der Waals surface area contributed by atoms with Crippen LogP contribution in [0.15, 0.2) is 28.8 Å². The zero-order valence-corrected chi connectivity index (χ0v) is 13.1. The topological polar surface area (TPSA) is 75.4 Å². The zero-order valence-electron chi connectivity index (χ0n) is 12.2. The van der Waals surface area contributed by atoms with Crippen molar-refractivity contribution in [1.29, 1.82) is 0 Å². The van der Waals surface area contributed by atoms with Crippen LogP contribution in [-0.2, 0) is 15.8 Å². The van der Waals surface area contributed by atoms with Crippen LogP contribution >= 0.6 is 0 Å². The molecular weight excluding hydrogens is 302 g/mol. The van der Waals surface area contributed by atoms with Gasteiger partial charge in [-0.1, -0.05) is 17.3 Å². The highest BCUT2D eigenvalue weighted by Crippen LogP contribution is 2.25. The fourth-order valence-electron chi connectivity index (χ4n) is 3.47. The van der Waals surface area contributed by atoms with Crippen LogP contribution in [0.5, 0.6) is 0 Å². The van der Waals surface area contributed by atoms with Gasteiger partial charge < -0.3 is 9.84 Å². The molecule has 2 atom stereocenters. The van der Waals surface area contributed by atoms with E-state index < -0.39 is 10.0 Å². The highest BCUT2D eigenvalue weighted by atomic mass is 32.2. The highest BCUT2D eigenvalue weighted by Gasteiger charge is 2.34. The summed E-state index contributed by atoms with van der Waals surface area (Å²) in [5, 5.41) is 8.23. The summed E-state index contributed by atoms with van der Waals surface area (Å²) in [6.45, 7) is 1.15. The lowest BCUT2D eigenvalue weighted by Crippen LogP contribution is -2.39. The molecule has 2 aromatic rings. The van der Waals surface area contributed by atoms with Crippen LogP contribution in [0.3, 0.4) is 0 Å². The molecule has 2 aliphatic heterocycles. The van der Waals surface area contributed by atoms with Gasteiger partial charge in [0.1, 0.15) is 11.4 Å². The number of hydrogen-bond donors (Lipinski definition) is 1. The normalized spacial score (nSPS) is 26.4. The zero-order chi connectivity index (χ0) is 15.2. The Bertz CT molecular complexity index is 786. The lowest BCUT2D eigenvalue weighted by molar-refractivity contribution is 0.381. The van der Waals surface area contributed by atoms with Crippen LogP contribution in [0.25, 0.3) is 11.0 Å². The minimum absolute atomic E-state index is 0.0958. The number of sulfonamides is 1. The maximum Gasteiger partial charge on any atom is 0.220 e. The van der Waals surface area contributed by atoms with Crippen molar-refractivity contribution in [3.05, 3.63) is 30.0 Å². The van der Waals surface area contributed by atoms with Crippen molar-refractivity contribution in [3.63, 3.8) is 0 Å². The Balaban J connectivity index is 1.58. The largest absolute Gasteiger partial charge is 0.356 e.